The maximum absolute atomic E-state index is 12.7. The number of carbonyl (C=O) groups is 3. The van der Waals surface area contributed by atoms with Gasteiger partial charge in [0.2, 0.25) is 17.7 Å². The highest BCUT2D eigenvalue weighted by Gasteiger charge is 2.62. The van der Waals surface area contributed by atoms with Crippen molar-refractivity contribution in [2.75, 3.05) is 19.6 Å². The van der Waals surface area contributed by atoms with Crippen LogP contribution in [0.15, 0.2) is 30.3 Å². The minimum atomic E-state index is -0.330. The van der Waals surface area contributed by atoms with Crippen molar-refractivity contribution in [3.05, 3.63) is 35.9 Å². The lowest BCUT2D eigenvalue weighted by molar-refractivity contribution is -0.143. The predicted molar refractivity (Wildman–Crippen MR) is 100.0 cm³/mol. The summed E-state index contributed by atoms with van der Waals surface area (Å²) in [7, 11) is 0. The molecule has 4 unspecified atom stereocenters. The van der Waals surface area contributed by atoms with Gasteiger partial charge in [0.1, 0.15) is 0 Å². The molecule has 2 bridgehead atoms. The van der Waals surface area contributed by atoms with E-state index < -0.39 is 0 Å². The molecule has 148 valence electrons. The Hall–Kier alpha value is -2.25. The molecule has 7 heteroatoms. The maximum atomic E-state index is 12.7. The summed E-state index contributed by atoms with van der Waals surface area (Å²) in [5.74, 6) is -0.906. The van der Waals surface area contributed by atoms with Gasteiger partial charge in [-0.1, -0.05) is 30.3 Å². The summed E-state index contributed by atoms with van der Waals surface area (Å²) >= 11 is 0. The maximum Gasteiger partial charge on any atom is 0.235 e. The molecule has 28 heavy (non-hydrogen) atoms. The van der Waals surface area contributed by atoms with Crippen LogP contribution in [0.25, 0.3) is 0 Å². The largest absolute Gasteiger partial charge is 0.373 e. The highest BCUT2D eigenvalue weighted by atomic mass is 16.5. The summed E-state index contributed by atoms with van der Waals surface area (Å²) in [5, 5.41) is 0. The number of imide groups is 1. The molecule has 3 amide bonds. The number of carbonyl (C=O) groups excluding carboxylic acids is 3. The SMILES string of the molecule is N[C@@H]1CN(C(=O)CCN2C(=O)C3C4CCC(O4)C3C2=O)C[C@H]1c1ccccc1. The molecule has 2 N–H and O–H groups in total. The smallest absolute Gasteiger partial charge is 0.235 e. The second-order valence-electron chi connectivity index (χ2n) is 8.40. The van der Waals surface area contributed by atoms with E-state index in [0.717, 1.165) is 18.4 Å². The number of nitrogens with zero attached hydrogens (tertiary/aromatic N) is 2. The van der Waals surface area contributed by atoms with Gasteiger partial charge in [0.25, 0.3) is 0 Å². The highest BCUT2D eigenvalue weighted by molar-refractivity contribution is 6.06. The summed E-state index contributed by atoms with van der Waals surface area (Å²) < 4.78 is 5.74. The summed E-state index contributed by atoms with van der Waals surface area (Å²) in [5.41, 5.74) is 7.41. The van der Waals surface area contributed by atoms with Crippen molar-refractivity contribution in [3.8, 4) is 0 Å². The lowest BCUT2D eigenvalue weighted by Gasteiger charge is -2.20. The molecular weight excluding hydrogens is 358 g/mol. The van der Waals surface area contributed by atoms with Crippen LogP contribution in [0.5, 0.6) is 0 Å². The van der Waals surface area contributed by atoms with E-state index in [0.29, 0.717) is 13.1 Å². The Morgan fingerprint density at radius 1 is 1.04 bits per heavy atom. The zero-order valence-electron chi connectivity index (χ0n) is 15.7. The van der Waals surface area contributed by atoms with Crippen LogP contribution >= 0.6 is 0 Å². The Morgan fingerprint density at radius 2 is 1.68 bits per heavy atom. The Morgan fingerprint density at radius 3 is 2.32 bits per heavy atom. The molecule has 0 aliphatic carbocycles. The molecule has 6 atom stereocenters. The van der Waals surface area contributed by atoms with Gasteiger partial charge in [-0.05, 0) is 18.4 Å². The monoisotopic (exact) mass is 383 g/mol. The molecule has 4 heterocycles. The first-order chi connectivity index (χ1) is 13.5. The minimum absolute atomic E-state index is 0.0502. The summed E-state index contributed by atoms with van der Waals surface area (Å²) in [6, 6.07) is 9.89. The van der Waals surface area contributed by atoms with Gasteiger partial charge in [-0.25, -0.2) is 0 Å². The first-order valence-corrected chi connectivity index (χ1v) is 10.1. The van der Waals surface area contributed by atoms with Gasteiger partial charge in [0, 0.05) is 38.0 Å². The Balaban J connectivity index is 1.20. The van der Waals surface area contributed by atoms with E-state index in [1.165, 1.54) is 4.90 Å². The Bertz CT molecular complexity index is 785. The van der Waals surface area contributed by atoms with Gasteiger partial charge in [0.05, 0.1) is 24.0 Å². The number of benzene rings is 1. The van der Waals surface area contributed by atoms with Gasteiger partial charge in [-0.3, -0.25) is 19.3 Å². The van der Waals surface area contributed by atoms with E-state index in [-0.39, 0.29) is 66.7 Å². The van der Waals surface area contributed by atoms with Crippen molar-refractivity contribution in [2.24, 2.45) is 17.6 Å². The molecule has 0 saturated carbocycles. The Labute approximate surface area is 163 Å². The van der Waals surface area contributed by atoms with Crippen LogP contribution in [0.2, 0.25) is 0 Å². The van der Waals surface area contributed by atoms with Crippen LogP contribution in [-0.2, 0) is 19.1 Å². The van der Waals surface area contributed by atoms with Gasteiger partial charge >= 0.3 is 0 Å². The average Bonchev–Trinajstić information content (AvgIpc) is 3.45. The van der Waals surface area contributed by atoms with E-state index in [1.807, 2.05) is 30.3 Å². The number of fused-ring (bicyclic) bond motifs is 5. The van der Waals surface area contributed by atoms with Crippen LogP contribution in [0.3, 0.4) is 0 Å². The quantitative estimate of drug-likeness (QED) is 0.764. The summed E-state index contributed by atoms with van der Waals surface area (Å²) in [4.78, 5) is 41.2. The third-order valence-electron chi connectivity index (χ3n) is 6.87. The van der Waals surface area contributed by atoms with Crippen molar-refractivity contribution in [1.29, 1.82) is 0 Å². The highest BCUT2D eigenvalue weighted by Crippen LogP contribution is 2.48. The molecule has 1 aromatic rings. The normalized spacial score (nSPS) is 36.5. The number of rotatable bonds is 4. The molecule has 0 aromatic heterocycles. The lowest BCUT2D eigenvalue weighted by Crippen LogP contribution is -2.38. The number of amides is 3. The zero-order chi connectivity index (χ0) is 19.4. The van der Waals surface area contributed by atoms with Crippen LogP contribution in [0, 0.1) is 11.8 Å². The number of hydrogen-bond donors (Lipinski definition) is 1. The second kappa shape index (κ2) is 6.67. The fourth-order valence-corrected chi connectivity index (χ4v) is 5.45. The average molecular weight is 383 g/mol. The minimum Gasteiger partial charge on any atom is -0.373 e. The van der Waals surface area contributed by atoms with Crippen LogP contribution in [0.4, 0.5) is 0 Å². The summed E-state index contributed by atoms with van der Waals surface area (Å²) in [6.45, 7) is 1.24. The van der Waals surface area contributed by atoms with Crippen molar-refractivity contribution >= 4 is 17.7 Å². The topological polar surface area (TPSA) is 92.9 Å². The second-order valence-corrected chi connectivity index (χ2v) is 8.40. The number of ether oxygens (including phenoxy) is 1. The third-order valence-corrected chi connectivity index (χ3v) is 6.87. The molecule has 5 rings (SSSR count). The number of nitrogens with two attached hydrogens (primary N) is 1. The molecule has 4 aliphatic heterocycles. The Kier molecular flexibility index (Phi) is 4.25. The molecule has 0 spiro atoms. The van der Waals surface area contributed by atoms with Crippen LogP contribution in [0.1, 0.15) is 30.7 Å². The lowest BCUT2D eigenvalue weighted by atomic mass is 9.81. The van der Waals surface area contributed by atoms with Crippen molar-refractivity contribution in [3.63, 3.8) is 0 Å². The molecular formula is C21H25N3O4. The number of hydrogen-bond acceptors (Lipinski definition) is 5. The van der Waals surface area contributed by atoms with Crippen LogP contribution < -0.4 is 5.73 Å². The van der Waals surface area contributed by atoms with E-state index in [2.05, 4.69) is 0 Å². The first-order valence-electron chi connectivity index (χ1n) is 10.1. The van der Waals surface area contributed by atoms with Gasteiger partial charge in [-0.15, -0.1) is 0 Å². The summed E-state index contributed by atoms with van der Waals surface area (Å²) in [6.07, 6.45) is 1.63. The van der Waals surface area contributed by atoms with Gasteiger partial charge < -0.3 is 15.4 Å². The standard InChI is InChI=1S/C21H25N3O4/c22-14-11-23(10-13(14)12-4-2-1-3-5-12)17(25)8-9-24-20(26)18-15-6-7-16(28-15)19(18)21(24)27/h1-5,13-16,18-19H,6-11,22H2/t13-,14+,15?,16?,18?,19?/m0/s1. The van der Waals surface area contributed by atoms with Crippen molar-refractivity contribution in [1.82, 2.24) is 9.80 Å². The third kappa shape index (κ3) is 2.68. The van der Waals surface area contributed by atoms with Crippen molar-refractivity contribution < 1.29 is 19.1 Å². The van der Waals surface area contributed by atoms with Crippen molar-refractivity contribution in [2.45, 2.75) is 43.4 Å². The van der Waals surface area contributed by atoms with E-state index in [9.17, 15) is 14.4 Å². The molecule has 4 saturated heterocycles. The van der Waals surface area contributed by atoms with E-state index in [4.69, 9.17) is 10.5 Å². The van der Waals surface area contributed by atoms with E-state index in [1.54, 1.807) is 4.90 Å². The molecule has 7 nitrogen and oxygen atoms in total. The first kappa shape index (κ1) is 17.8. The van der Waals surface area contributed by atoms with Gasteiger partial charge in [0.15, 0.2) is 0 Å². The predicted octanol–water partition coefficient (Wildman–Crippen LogP) is 0.492. The molecule has 0 radical (unpaired) electrons. The molecule has 4 fully saturated rings. The fourth-order valence-electron chi connectivity index (χ4n) is 5.45. The molecule has 4 aliphatic rings. The molecule has 1 aromatic carbocycles. The fraction of sp³-hybridized carbons (Fsp3) is 0.571. The number of likely N-dealkylation sites (tertiary alicyclic amines) is 2. The van der Waals surface area contributed by atoms with Crippen LogP contribution in [-0.4, -0.2) is 65.4 Å². The van der Waals surface area contributed by atoms with Gasteiger partial charge in [-0.2, -0.15) is 0 Å². The zero-order valence-corrected chi connectivity index (χ0v) is 15.7. The van der Waals surface area contributed by atoms with E-state index >= 15 is 0 Å².